The summed E-state index contributed by atoms with van der Waals surface area (Å²) >= 11 is 0. The summed E-state index contributed by atoms with van der Waals surface area (Å²) in [7, 11) is 0. The zero-order chi connectivity index (χ0) is 15.6. The molecule has 0 aromatic heterocycles. The lowest BCUT2D eigenvalue weighted by molar-refractivity contribution is -0.122. The van der Waals surface area contributed by atoms with E-state index >= 15 is 0 Å². The highest BCUT2D eigenvalue weighted by atomic mass is 16.2. The molecule has 2 N–H and O–H groups in total. The van der Waals surface area contributed by atoms with Gasteiger partial charge in [0.2, 0.25) is 11.8 Å². The normalized spacial score (nSPS) is 17.3. The zero-order valence-electron chi connectivity index (χ0n) is 13.6. The summed E-state index contributed by atoms with van der Waals surface area (Å²) in [6, 6.07) is 0. The maximum Gasteiger partial charge on any atom is 0.221 e. The van der Waals surface area contributed by atoms with Gasteiger partial charge in [-0.3, -0.25) is 9.59 Å². The number of hydrogen-bond acceptors (Lipinski definition) is 4. The van der Waals surface area contributed by atoms with Gasteiger partial charge in [0.15, 0.2) is 0 Å². The van der Waals surface area contributed by atoms with E-state index in [1.54, 1.807) is 0 Å². The smallest absolute Gasteiger partial charge is 0.221 e. The molecule has 2 rings (SSSR count). The van der Waals surface area contributed by atoms with Crippen molar-refractivity contribution in [3.8, 4) is 0 Å². The van der Waals surface area contributed by atoms with Crippen LogP contribution in [-0.2, 0) is 9.59 Å². The largest absolute Gasteiger partial charge is 0.356 e. The zero-order valence-corrected chi connectivity index (χ0v) is 13.6. The van der Waals surface area contributed by atoms with Gasteiger partial charge in [0.1, 0.15) is 0 Å². The quantitative estimate of drug-likeness (QED) is 0.376. The van der Waals surface area contributed by atoms with Crippen LogP contribution in [0.2, 0.25) is 0 Å². The Kier molecular flexibility index (Phi) is 7.66. The first kappa shape index (κ1) is 17.2. The summed E-state index contributed by atoms with van der Waals surface area (Å²) in [6.07, 6.45) is 5.52. The number of carbonyl (C=O) groups excluding carboxylic acids is 2. The average Bonchev–Trinajstić information content (AvgIpc) is 3.39. The van der Waals surface area contributed by atoms with E-state index in [9.17, 15) is 9.59 Å². The van der Waals surface area contributed by atoms with E-state index in [-0.39, 0.29) is 11.8 Å². The van der Waals surface area contributed by atoms with E-state index in [1.807, 2.05) is 0 Å². The molecule has 0 aliphatic carbocycles. The van der Waals surface area contributed by atoms with Gasteiger partial charge >= 0.3 is 0 Å². The van der Waals surface area contributed by atoms with Gasteiger partial charge in [0.25, 0.3) is 0 Å². The minimum absolute atomic E-state index is 0.172. The van der Waals surface area contributed by atoms with Crippen molar-refractivity contribution in [3.05, 3.63) is 0 Å². The summed E-state index contributed by atoms with van der Waals surface area (Å²) < 4.78 is 0. The fourth-order valence-corrected chi connectivity index (χ4v) is 2.34. The number of carbonyl (C=O) groups is 2. The van der Waals surface area contributed by atoms with E-state index in [4.69, 9.17) is 0 Å². The predicted molar refractivity (Wildman–Crippen MR) is 86.6 cm³/mol. The van der Waals surface area contributed by atoms with E-state index in [1.165, 1.54) is 0 Å². The van der Waals surface area contributed by atoms with Gasteiger partial charge in [0, 0.05) is 65.2 Å². The molecular weight excluding hydrogens is 280 g/mol. The molecule has 6 heteroatoms. The molecule has 0 spiro atoms. The number of nitrogens with zero attached hydrogens (tertiary/aromatic N) is 2. The number of hydrogen-bond donors (Lipinski definition) is 2. The van der Waals surface area contributed by atoms with Crippen LogP contribution < -0.4 is 10.6 Å². The summed E-state index contributed by atoms with van der Waals surface area (Å²) in [6.45, 7) is 7.99. The molecule has 2 aliphatic rings. The van der Waals surface area contributed by atoms with E-state index in [2.05, 4.69) is 20.4 Å². The number of amides is 2. The molecule has 2 fully saturated rings. The Morgan fingerprint density at radius 3 is 1.45 bits per heavy atom. The van der Waals surface area contributed by atoms with Crippen molar-refractivity contribution in [2.45, 2.75) is 38.5 Å². The first-order valence-electron chi connectivity index (χ1n) is 8.72. The molecule has 0 aromatic carbocycles. The summed E-state index contributed by atoms with van der Waals surface area (Å²) in [5.41, 5.74) is 0. The highest BCUT2D eigenvalue weighted by Crippen LogP contribution is 2.04. The Hall–Kier alpha value is -1.14. The van der Waals surface area contributed by atoms with Gasteiger partial charge in [-0.05, 0) is 12.8 Å². The molecule has 0 aromatic rings. The molecule has 0 unspecified atom stereocenters. The highest BCUT2D eigenvalue weighted by molar-refractivity contribution is 5.76. The van der Waals surface area contributed by atoms with Crippen LogP contribution in [0.3, 0.4) is 0 Å². The van der Waals surface area contributed by atoms with Crippen molar-refractivity contribution < 1.29 is 9.59 Å². The number of unbranched alkanes of at least 4 members (excludes halogenated alkanes) is 3. The van der Waals surface area contributed by atoms with Crippen molar-refractivity contribution >= 4 is 11.8 Å². The van der Waals surface area contributed by atoms with Crippen LogP contribution in [-0.4, -0.2) is 74.0 Å². The summed E-state index contributed by atoms with van der Waals surface area (Å²) in [4.78, 5) is 27.5. The summed E-state index contributed by atoms with van der Waals surface area (Å²) in [5, 5.41) is 5.94. The Bertz CT molecular complexity index is 320. The third-order valence-electron chi connectivity index (χ3n) is 4.14. The Balaban J connectivity index is 1.28. The molecule has 2 saturated heterocycles. The molecular formula is C16H30N4O2. The highest BCUT2D eigenvalue weighted by Gasteiger charge is 2.18. The van der Waals surface area contributed by atoms with Gasteiger partial charge < -0.3 is 20.4 Å². The first-order valence-corrected chi connectivity index (χ1v) is 8.72. The fourth-order valence-electron chi connectivity index (χ4n) is 2.34. The van der Waals surface area contributed by atoms with Crippen LogP contribution in [0.4, 0.5) is 0 Å². The third-order valence-corrected chi connectivity index (χ3v) is 4.14. The molecule has 0 saturated carbocycles. The van der Waals surface area contributed by atoms with Gasteiger partial charge in [-0.1, -0.05) is 12.8 Å². The van der Waals surface area contributed by atoms with Crippen molar-refractivity contribution in [2.24, 2.45) is 0 Å². The van der Waals surface area contributed by atoms with Crippen molar-refractivity contribution in [3.63, 3.8) is 0 Å². The van der Waals surface area contributed by atoms with E-state index in [0.29, 0.717) is 12.8 Å². The minimum Gasteiger partial charge on any atom is -0.356 e. The molecule has 2 aliphatic heterocycles. The van der Waals surface area contributed by atoms with Crippen LogP contribution in [0.1, 0.15) is 38.5 Å². The molecule has 0 bridgehead atoms. The van der Waals surface area contributed by atoms with Crippen LogP contribution in [0.25, 0.3) is 0 Å². The monoisotopic (exact) mass is 310 g/mol. The Morgan fingerprint density at radius 2 is 1.09 bits per heavy atom. The van der Waals surface area contributed by atoms with E-state index < -0.39 is 0 Å². The lowest BCUT2D eigenvalue weighted by Crippen LogP contribution is -2.26. The SMILES string of the molecule is O=C(CCN1CC1)NCCCCCCNC(=O)CCN1CC1. The second-order valence-electron chi connectivity index (χ2n) is 6.30. The standard InChI is InChI=1S/C16H30N4O2/c21-15(5-9-19-11-12-19)17-7-3-1-2-4-8-18-16(22)6-10-20-13-14-20/h1-14H2,(H,17,21)(H,18,22). The van der Waals surface area contributed by atoms with Crippen LogP contribution in [0.15, 0.2) is 0 Å². The van der Waals surface area contributed by atoms with Gasteiger partial charge in [0.05, 0.1) is 0 Å². The number of nitrogens with one attached hydrogen (secondary N) is 2. The second-order valence-corrected chi connectivity index (χ2v) is 6.30. The maximum absolute atomic E-state index is 11.5. The first-order chi connectivity index (χ1) is 10.7. The fraction of sp³-hybridized carbons (Fsp3) is 0.875. The Morgan fingerprint density at radius 1 is 0.682 bits per heavy atom. The molecule has 6 nitrogen and oxygen atoms in total. The third kappa shape index (κ3) is 9.00. The second kappa shape index (κ2) is 9.79. The molecule has 22 heavy (non-hydrogen) atoms. The van der Waals surface area contributed by atoms with Crippen molar-refractivity contribution in [1.82, 2.24) is 20.4 Å². The minimum atomic E-state index is 0.172. The molecule has 126 valence electrons. The number of rotatable bonds is 13. The molecule has 0 atom stereocenters. The predicted octanol–water partition coefficient (Wildman–Crippen LogP) is 0.191. The lowest BCUT2D eigenvalue weighted by atomic mass is 10.2. The maximum atomic E-state index is 11.5. The molecule has 0 radical (unpaired) electrons. The summed E-state index contributed by atoms with van der Waals surface area (Å²) in [5.74, 6) is 0.344. The van der Waals surface area contributed by atoms with Gasteiger partial charge in [-0.2, -0.15) is 0 Å². The lowest BCUT2D eigenvalue weighted by Gasteiger charge is -2.07. The topological polar surface area (TPSA) is 64.2 Å². The van der Waals surface area contributed by atoms with Crippen molar-refractivity contribution in [2.75, 3.05) is 52.4 Å². The van der Waals surface area contributed by atoms with Crippen LogP contribution >= 0.6 is 0 Å². The van der Waals surface area contributed by atoms with Crippen molar-refractivity contribution in [1.29, 1.82) is 0 Å². The van der Waals surface area contributed by atoms with Crippen LogP contribution in [0.5, 0.6) is 0 Å². The molecule has 2 amide bonds. The Labute approximate surface area is 133 Å². The van der Waals surface area contributed by atoms with Gasteiger partial charge in [-0.25, -0.2) is 0 Å². The average molecular weight is 310 g/mol. The van der Waals surface area contributed by atoms with Gasteiger partial charge in [-0.15, -0.1) is 0 Å². The van der Waals surface area contributed by atoms with Crippen LogP contribution in [0, 0.1) is 0 Å². The van der Waals surface area contributed by atoms with E-state index in [0.717, 1.165) is 78.0 Å². The molecule has 2 heterocycles.